The van der Waals surface area contributed by atoms with E-state index in [9.17, 15) is 0 Å². The Morgan fingerprint density at radius 3 is 2.75 bits per heavy atom. The molecule has 2 unspecified atom stereocenters. The van der Waals surface area contributed by atoms with E-state index in [1.165, 1.54) is 17.7 Å². The molecule has 0 aromatic carbocycles. The van der Waals surface area contributed by atoms with Gasteiger partial charge in [-0.25, -0.2) is 4.98 Å². The van der Waals surface area contributed by atoms with Gasteiger partial charge >= 0.3 is 0 Å². The summed E-state index contributed by atoms with van der Waals surface area (Å²) < 4.78 is 5.55. The topological polar surface area (TPSA) is 48.1 Å². The van der Waals surface area contributed by atoms with Crippen LogP contribution < -0.4 is 5.73 Å². The third-order valence-electron chi connectivity index (χ3n) is 3.59. The number of methoxy groups -OCH3 is 1. The van der Waals surface area contributed by atoms with Crippen LogP contribution in [0.2, 0.25) is 0 Å². The predicted molar refractivity (Wildman–Crippen MR) is 66.7 cm³/mol. The predicted octanol–water partition coefficient (Wildman–Crippen LogP) is 2.50. The van der Waals surface area contributed by atoms with Gasteiger partial charge in [0.2, 0.25) is 0 Å². The van der Waals surface area contributed by atoms with Crippen molar-refractivity contribution >= 4 is 11.3 Å². The lowest BCUT2D eigenvalue weighted by molar-refractivity contribution is 0.00365. The Bertz CT molecular complexity index is 358. The molecular weight excluding hydrogens is 220 g/mol. The van der Waals surface area contributed by atoms with Crippen LogP contribution in [0.25, 0.3) is 0 Å². The van der Waals surface area contributed by atoms with Crippen molar-refractivity contribution in [1.29, 1.82) is 0 Å². The number of nitrogens with zero attached hydrogens (tertiary/aromatic N) is 1. The molecule has 16 heavy (non-hydrogen) atoms. The molecule has 4 heteroatoms. The Morgan fingerprint density at radius 1 is 1.44 bits per heavy atom. The smallest absolute Gasteiger partial charge is 0.116 e. The maximum atomic E-state index is 6.54. The number of ether oxygens (including phenoxy) is 1. The maximum Gasteiger partial charge on any atom is 0.116 e. The van der Waals surface area contributed by atoms with Crippen LogP contribution in [0.15, 0.2) is 0 Å². The van der Waals surface area contributed by atoms with Crippen LogP contribution in [0, 0.1) is 13.8 Å². The van der Waals surface area contributed by atoms with Crippen LogP contribution in [-0.2, 0) is 10.3 Å². The maximum absolute atomic E-state index is 6.54. The number of rotatable bonds is 2. The quantitative estimate of drug-likeness (QED) is 0.864. The molecular formula is C12H20N2OS. The minimum atomic E-state index is -0.364. The largest absolute Gasteiger partial charge is 0.379 e. The zero-order valence-corrected chi connectivity index (χ0v) is 11.1. The summed E-state index contributed by atoms with van der Waals surface area (Å²) in [4.78, 5) is 5.88. The lowest BCUT2D eigenvalue weighted by Crippen LogP contribution is -2.50. The van der Waals surface area contributed by atoms with Gasteiger partial charge in [-0.3, -0.25) is 0 Å². The standard InChI is InChI=1S/C12H20N2OS/c1-8-9(2)16-11(14-8)12(13)7-5-4-6-10(12)15-3/h10H,4-7,13H2,1-3H3. The van der Waals surface area contributed by atoms with Crippen LogP contribution in [0.1, 0.15) is 41.3 Å². The Balaban J connectivity index is 2.34. The van der Waals surface area contributed by atoms with Gasteiger partial charge in [0.15, 0.2) is 0 Å². The minimum absolute atomic E-state index is 0.117. The van der Waals surface area contributed by atoms with Crippen LogP contribution >= 0.6 is 11.3 Å². The van der Waals surface area contributed by atoms with E-state index < -0.39 is 0 Å². The molecule has 3 nitrogen and oxygen atoms in total. The molecule has 0 aliphatic heterocycles. The van der Waals surface area contributed by atoms with Gasteiger partial charge < -0.3 is 10.5 Å². The molecule has 0 bridgehead atoms. The number of hydrogen-bond donors (Lipinski definition) is 1. The van der Waals surface area contributed by atoms with Crippen molar-refractivity contribution in [1.82, 2.24) is 4.98 Å². The Morgan fingerprint density at radius 2 is 2.19 bits per heavy atom. The van der Waals surface area contributed by atoms with E-state index in [-0.39, 0.29) is 11.6 Å². The fourth-order valence-electron chi connectivity index (χ4n) is 2.41. The number of aromatic nitrogens is 1. The summed E-state index contributed by atoms with van der Waals surface area (Å²) in [5.74, 6) is 0. The second-order valence-corrected chi connectivity index (χ2v) is 5.87. The van der Waals surface area contributed by atoms with Crippen molar-refractivity contribution in [2.75, 3.05) is 7.11 Å². The summed E-state index contributed by atoms with van der Waals surface area (Å²) in [6, 6.07) is 0. The first-order valence-electron chi connectivity index (χ1n) is 5.84. The zero-order valence-electron chi connectivity index (χ0n) is 10.2. The van der Waals surface area contributed by atoms with Gasteiger partial charge in [0, 0.05) is 12.0 Å². The number of thiazole rings is 1. The first-order valence-corrected chi connectivity index (χ1v) is 6.66. The summed E-state index contributed by atoms with van der Waals surface area (Å²) in [5, 5.41) is 1.05. The highest BCUT2D eigenvalue weighted by atomic mass is 32.1. The molecule has 2 N–H and O–H groups in total. The Labute approximate surface area is 101 Å². The summed E-state index contributed by atoms with van der Waals surface area (Å²) in [7, 11) is 1.75. The van der Waals surface area contributed by atoms with Crippen molar-refractivity contribution in [2.45, 2.75) is 51.2 Å². The number of hydrogen-bond acceptors (Lipinski definition) is 4. The van der Waals surface area contributed by atoms with E-state index in [4.69, 9.17) is 10.5 Å². The van der Waals surface area contributed by atoms with Gasteiger partial charge in [0.05, 0.1) is 17.3 Å². The summed E-state index contributed by atoms with van der Waals surface area (Å²) in [6.07, 6.45) is 4.53. The van der Waals surface area contributed by atoms with Gasteiger partial charge in [0.1, 0.15) is 5.01 Å². The van der Waals surface area contributed by atoms with E-state index in [2.05, 4.69) is 11.9 Å². The summed E-state index contributed by atoms with van der Waals surface area (Å²) in [6.45, 7) is 4.15. The van der Waals surface area contributed by atoms with Crippen molar-refractivity contribution < 1.29 is 4.74 Å². The van der Waals surface area contributed by atoms with E-state index in [1.807, 2.05) is 6.92 Å². The van der Waals surface area contributed by atoms with Crippen molar-refractivity contribution in [3.8, 4) is 0 Å². The van der Waals surface area contributed by atoms with E-state index in [0.717, 1.165) is 23.5 Å². The van der Waals surface area contributed by atoms with Gasteiger partial charge in [-0.1, -0.05) is 12.8 Å². The Hall–Kier alpha value is -0.450. The van der Waals surface area contributed by atoms with Gasteiger partial charge in [-0.05, 0) is 26.7 Å². The average Bonchev–Trinajstić information content (AvgIpc) is 2.60. The highest BCUT2D eigenvalue weighted by molar-refractivity contribution is 7.11. The minimum Gasteiger partial charge on any atom is -0.379 e. The molecule has 1 aliphatic carbocycles. The molecule has 0 spiro atoms. The van der Waals surface area contributed by atoms with Gasteiger partial charge in [-0.2, -0.15) is 0 Å². The number of nitrogens with two attached hydrogens (primary N) is 1. The fraction of sp³-hybridized carbons (Fsp3) is 0.750. The molecule has 1 fully saturated rings. The normalized spacial score (nSPS) is 30.6. The SMILES string of the molecule is COC1CCCCC1(N)c1nc(C)c(C)s1. The third kappa shape index (κ3) is 1.90. The number of aryl methyl sites for hydroxylation is 2. The molecule has 1 aliphatic rings. The second kappa shape index (κ2) is 4.43. The lowest BCUT2D eigenvalue weighted by atomic mass is 9.80. The molecule has 0 saturated heterocycles. The van der Waals surface area contributed by atoms with Crippen molar-refractivity contribution in [2.24, 2.45) is 5.73 Å². The Kier molecular flexibility index (Phi) is 3.33. The third-order valence-corrected chi connectivity index (χ3v) is 4.86. The van der Waals surface area contributed by atoms with E-state index in [1.54, 1.807) is 18.4 Å². The molecule has 2 rings (SSSR count). The van der Waals surface area contributed by atoms with Crippen LogP contribution in [-0.4, -0.2) is 18.2 Å². The molecule has 2 atom stereocenters. The molecule has 0 amide bonds. The van der Waals surface area contributed by atoms with E-state index >= 15 is 0 Å². The zero-order chi connectivity index (χ0) is 11.8. The van der Waals surface area contributed by atoms with Gasteiger partial charge in [0.25, 0.3) is 0 Å². The monoisotopic (exact) mass is 240 g/mol. The highest BCUT2D eigenvalue weighted by Crippen LogP contribution is 2.39. The van der Waals surface area contributed by atoms with Crippen LogP contribution in [0.4, 0.5) is 0 Å². The second-order valence-electron chi connectivity index (χ2n) is 4.67. The van der Waals surface area contributed by atoms with Crippen LogP contribution in [0.5, 0.6) is 0 Å². The molecule has 1 saturated carbocycles. The van der Waals surface area contributed by atoms with Crippen molar-refractivity contribution in [3.63, 3.8) is 0 Å². The average molecular weight is 240 g/mol. The molecule has 1 aromatic heterocycles. The van der Waals surface area contributed by atoms with Gasteiger partial charge in [-0.15, -0.1) is 11.3 Å². The first-order chi connectivity index (χ1) is 7.58. The first kappa shape index (κ1) is 12.0. The molecule has 1 aromatic rings. The van der Waals surface area contributed by atoms with Crippen LogP contribution in [0.3, 0.4) is 0 Å². The summed E-state index contributed by atoms with van der Waals surface area (Å²) >= 11 is 1.72. The molecule has 0 radical (unpaired) electrons. The van der Waals surface area contributed by atoms with Crippen molar-refractivity contribution in [3.05, 3.63) is 15.6 Å². The van der Waals surface area contributed by atoms with E-state index in [0.29, 0.717) is 0 Å². The lowest BCUT2D eigenvalue weighted by Gasteiger charge is -2.38. The summed E-state index contributed by atoms with van der Waals surface area (Å²) in [5.41, 5.74) is 7.28. The fourth-order valence-corrected chi connectivity index (χ4v) is 3.50. The molecule has 90 valence electrons. The highest BCUT2D eigenvalue weighted by Gasteiger charge is 2.41. The molecule has 1 heterocycles.